The molecule has 116 valence electrons. The van der Waals surface area contributed by atoms with Crippen molar-refractivity contribution in [2.45, 2.75) is 6.54 Å². The predicted molar refractivity (Wildman–Crippen MR) is 73.3 cm³/mol. The van der Waals surface area contributed by atoms with Gasteiger partial charge in [0.1, 0.15) is 6.54 Å². The maximum Gasteiger partial charge on any atom is 0.331 e. The smallest absolute Gasteiger partial charge is 0.331 e. The summed E-state index contributed by atoms with van der Waals surface area (Å²) in [5, 5.41) is 0. The van der Waals surface area contributed by atoms with Gasteiger partial charge < -0.3 is 4.74 Å². The number of hydrogen-bond donors (Lipinski definition) is 0. The lowest BCUT2D eigenvalue weighted by Crippen LogP contribution is -2.39. The van der Waals surface area contributed by atoms with E-state index in [1.54, 1.807) is 0 Å². The van der Waals surface area contributed by atoms with Crippen LogP contribution in [0.1, 0.15) is 0 Å². The number of aromatic nitrogens is 2. The zero-order valence-corrected chi connectivity index (χ0v) is 11.8. The summed E-state index contributed by atoms with van der Waals surface area (Å²) in [5.41, 5.74) is -2.09. The SMILES string of the molecule is COC(=O)Cn1cc(-c2cccc(F)c2F)c(=O)n(C)c1=O. The molecule has 0 fully saturated rings. The van der Waals surface area contributed by atoms with Crippen LogP contribution in [0.2, 0.25) is 0 Å². The molecule has 0 aliphatic heterocycles. The van der Waals surface area contributed by atoms with Crippen LogP contribution in [0.3, 0.4) is 0 Å². The number of rotatable bonds is 3. The van der Waals surface area contributed by atoms with Crippen LogP contribution in [-0.4, -0.2) is 22.2 Å². The minimum absolute atomic E-state index is 0.233. The summed E-state index contributed by atoms with van der Waals surface area (Å²) in [6, 6.07) is 3.36. The average molecular weight is 310 g/mol. The Hall–Kier alpha value is -2.77. The minimum atomic E-state index is -1.21. The van der Waals surface area contributed by atoms with E-state index in [9.17, 15) is 23.2 Å². The molecule has 0 saturated heterocycles. The van der Waals surface area contributed by atoms with E-state index in [0.717, 1.165) is 23.9 Å². The third-order valence-corrected chi connectivity index (χ3v) is 3.12. The fourth-order valence-electron chi connectivity index (χ4n) is 1.94. The van der Waals surface area contributed by atoms with Gasteiger partial charge in [-0.2, -0.15) is 0 Å². The Kier molecular flexibility index (Phi) is 4.20. The average Bonchev–Trinajstić information content (AvgIpc) is 2.50. The molecule has 1 aromatic carbocycles. The van der Waals surface area contributed by atoms with Gasteiger partial charge in [0, 0.05) is 18.8 Å². The maximum absolute atomic E-state index is 13.9. The largest absolute Gasteiger partial charge is 0.468 e. The second kappa shape index (κ2) is 5.92. The van der Waals surface area contributed by atoms with Crippen LogP contribution < -0.4 is 11.2 Å². The van der Waals surface area contributed by atoms with Crippen LogP contribution in [0.5, 0.6) is 0 Å². The van der Waals surface area contributed by atoms with Gasteiger partial charge in [-0.15, -0.1) is 0 Å². The molecule has 0 radical (unpaired) electrons. The van der Waals surface area contributed by atoms with Gasteiger partial charge in [0.15, 0.2) is 11.6 Å². The molecular formula is C14H12F2N2O4. The van der Waals surface area contributed by atoms with Crippen LogP contribution in [0, 0.1) is 11.6 Å². The molecule has 22 heavy (non-hydrogen) atoms. The first kappa shape index (κ1) is 15.6. The highest BCUT2D eigenvalue weighted by molar-refractivity contribution is 5.69. The van der Waals surface area contributed by atoms with E-state index in [1.807, 2.05) is 0 Å². The highest BCUT2D eigenvalue weighted by Crippen LogP contribution is 2.20. The van der Waals surface area contributed by atoms with Gasteiger partial charge in [-0.1, -0.05) is 12.1 Å². The normalized spacial score (nSPS) is 10.5. The zero-order valence-electron chi connectivity index (χ0n) is 11.8. The van der Waals surface area contributed by atoms with Gasteiger partial charge in [0.25, 0.3) is 5.56 Å². The van der Waals surface area contributed by atoms with E-state index < -0.39 is 35.4 Å². The van der Waals surface area contributed by atoms with E-state index in [2.05, 4.69) is 4.74 Å². The molecule has 2 rings (SSSR count). The number of carbonyl (C=O) groups excluding carboxylic acids is 1. The molecule has 6 nitrogen and oxygen atoms in total. The summed E-state index contributed by atoms with van der Waals surface area (Å²) >= 11 is 0. The van der Waals surface area contributed by atoms with E-state index in [1.165, 1.54) is 19.2 Å². The first-order valence-corrected chi connectivity index (χ1v) is 6.18. The van der Waals surface area contributed by atoms with Crippen LogP contribution in [-0.2, 0) is 23.1 Å². The second-order valence-electron chi connectivity index (χ2n) is 4.49. The van der Waals surface area contributed by atoms with Gasteiger partial charge in [0.05, 0.1) is 12.7 Å². The fraction of sp³-hybridized carbons (Fsp3) is 0.214. The monoisotopic (exact) mass is 310 g/mol. The van der Waals surface area contributed by atoms with Crippen molar-refractivity contribution in [3.8, 4) is 11.1 Å². The van der Waals surface area contributed by atoms with E-state index in [-0.39, 0.29) is 11.1 Å². The number of benzene rings is 1. The molecule has 0 unspecified atom stereocenters. The number of ether oxygens (including phenoxy) is 1. The number of halogens is 2. The zero-order chi connectivity index (χ0) is 16.4. The fourth-order valence-corrected chi connectivity index (χ4v) is 1.94. The quantitative estimate of drug-likeness (QED) is 0.781. The highest BCUT2D eigenvalue weighted by Gasteiger charge is 2.17. The Bertz CT molecular complexity index is 855. The molecule has 2 aromatic rings. The standard InChI is InChI=1S/C14H12F2N2O4/c1-17-13(20)9(8-4-3-5-10(15)12(8)16)6-18(14(17)21)7-11(19)22-2/h3-6H,7H2,1-2H3. The van der Waals surface area contributed by atoms with Gasteiger partial charge in [0.2, 0.25) is 0 Å². The van der Waals surface area contributed by atoms with Gasteiger partial charge in [-0.25, -0.2) is 13.6 Å². The molecule has 1 heterocycles. The minimum Gasteiger partial charge on any atom is -0.468 e. The van der Waals surface area contributed by atoms with Crippen LogP contribution in [0.4, 0.5) is 8.78 Å². The summed E-state index contributed by atoms with van der Waals surface area (Å²) in [5.74, 6) is -3.04. The van der Waals surface area contributed by atoms with Crippen LogP contribution >= 0.6 is 0 Å². The molecule has 0 bridgehead atoms. The number of nitrogens with zero attached hydrogens (tertiary/aromatic N) is 2. The summed E-state index contributed by atoms with van der Waals surface area (Å²) < 4.78 is 33.2. The van der Waals surface area contributed by atoms with E-state index >= 15 is 0 Å². The van der Waals surface area contributed by atoms with Crippen molar-refractivity contribution in [2.24, 2.45) is 7.05 Å². The molecule has 0 spiro atoms. The summed E-state index contributed by atoms with van der Waals surface area (Å²) in [7, 11) is 2.32. The number of methoxy groups -OCH3 is 1. The predicted octanol–water partition coefficient (Wildman–Crippen LogP) is 0.665. The van der Waals surface area contributed by atoms with Gasteiger partial charge >= 0.3 is 11.7 Å². The van der Waals surface area contributed by atoms with Crippen molar-refractivity contribution >= 4 is 5.97 Å². The van der Waals surface area contributed by atoms with E-state index in [4.69, 9.17) is 0 Å². The van der Waals surface area contributed by atoms with Crippen molar-refractivity contribution in [2.75, 3.05) is 7.11 Å². The number of carbonyl (C=O) groups is 1. The molecule has 8 heteroatoms. The lowest BCUT2D eigenvalue weighted by atomic mass is 10.1. The Balaban J connectivity index is 2.72. The highest BCUT2D eigenvalue weighted by atomic mass is 19.2. The van der Waals surface area contributed by atoms with Crippen molar-refractivity contribution < 1.29 is 18.3 Å². The molecule has 0 saturated carbocycles. The first-order valence-electron chi connectivity index (χ1n) is 6.18. The van der Waals surface area contributed by atoms with E-state index in [0.29, 0.717) is 4.57 Å². The topological polar surface area (TPSA) is 70.3 Å². The molecule has 0 atom stereocenters. The van der Waals surface area contributed by atoms with Crippen molar-refractivity contribution in [3.63, 3.8) is 0 Å². The van der Waals surface area contributed by atoms with Gasteiger partial charge in [-0.3, -0.25) is 18.7 Å². The Morgan fingerprint density at radius 2 is 1.91 bits per heavy atom. The lowest BCUT2D eigenvalue weighted by molar-refractivity contribution is -0.141. The summed E-state index contributed by atoms with van der Waals surface area (Å²) in [6.07, 6.45) is 1.01. The Morgan fingerprint density at radius 1 is 1.23 bits per heavy atom. The maximum atomic E-state index is 13.9. The first-order chi connectivity index (χ1) is 10.4. The Labute approximate surface area is 123 Å². The summed E-state index contributed by atoms with van der Waals surface area (Å²) in [6.45, 7) is -0.451. The third-order valence-electron chi connectivity index (χ3n) is 3.12. The molecule has 0 aliphatic rings. The molecule has 1 aromatic heterocycles. The number of esters is 1. The van der Waals surface area contributed by atoms with Crippen LogP contribution in [0.15, 0.2) is 34.0 Å². The molecule has 0 amide bonds. The number of hydrogen-bond acceptors (Lipinski definition) is 4. The van der Waals surface area contributed by atoms with Gasteiger partial charge in [-0.05, 0) is 6.07 Å². The Morgan fingerprint density at radius 3 is 2.55 bits per heavy atom. The second-order valence-corrected chi connectivity index (χ2v) is 4.49. The third kappa shape index (κ3) is 2.67. The van der Waals surface area contributed by atoms with Crippen molar-refractivity contribution in [3.05, 3.63) is 56.9 Å². The summed E-state index contributed by atoms with van der Waals surface area (Å²) in [4.78, 5) is 35.3. The van der Waals surface area contributed by atoms with Crippen molar-refractivity contribution in [1.29, 1.82) is 0 Å². The lowest BCUT2D eigenvalue weighted by Gasteiger charge is -2.10. The van der Waals surface area contributed by atoms with Crippen molar-refractivity contribution in [1.82, 2.24) is 9.13 Å². The molecular weight excluding hydrogens is 298 g/mol. The van der Waals surface area contributed by atoms with Crippen LogP contribution in [0.25, 0.3) is 11.1 Å². The molecule has 0 aliphatic carbocycles. The molecule has 0 N–H and O–H groups in total.